The van der Waals surface area contributed by atoms with E-state index in [4.69, 9.17) is 4.74 Å². The summed E-state index contributed by atoms with van der Waals surface area (Å²) in [4.78, 5) is 31.0. The van der Waals surface area contributed by atoms with Crippen molar-refractivity contribution in [3.63, 3.8) is 0 Å². The summed E-state index contributed by atoms with van der Waals surface area (Å²) in [6.07, 6.45) is 4.06. The van der Waals surface area contributed by atoms with Gasteiger partial charge >= 0.3 is 5.97 Å². The second kappa shape index (κ2) is 9.40. The molecule has 0 spiro atoms. The summed E-state index contributed by atoms with van der Waals surface area (Å²) in [6, 6.07) is 6.43. The van der Waals surface area contributed by atoms with Crippen molar-refractivity contribution in [1.29, 1.82) is 0 Å². The number of hydrogen-bond donors (Lipinski definition) is 1. The summed E-state index contributed by atoms with van der Waals surface area (Å²) >= 11 is 1.54. The number of benzene rings is 1. The Morgan fingerprint density at radius 3 is 2.58 bits per heavy atom. The summed E-state index contributed by atoms with van der Waals surface area (Å²) in [5.41, 5.74) is 5.55. The molecule has 0 saturated carbocycles. The molecule has 6 nitrogen and oxygen atoms in total. The van der Waals surface area contributed by atoms with Gasteiger partial charge in [-0.15, -0.1) is 11.3 Å². The number of thiophene rings is 1. The highest BCUT2D eigenvalue weighted by molar-refractivity contribution is 7.17. The molecule has 7 heteroatoms. The fourth-order valence-corrected chi connectivity index (χ4v) is 5.86. The SMILES string of the molecule is COC(=O)c1c(NC(=O)CN2CCN(c3cccc(C)c3C)CC2)sc2c1CCCC2. The van der Waals surface area contributed by atoms with Crippen LogP contribution in [-0.4, -0.2) is 56.6 Å². The number of piperazine rings is 1. The Bertz CT molecular complexity index is 977. The van der Waals surface area contributed by atoms with Gasteiger partial charge in [0.05, 0.1) is 19.2 Å². The van der Waals surface area contributed by atoms with Crippen LogP contribution in [0.25, 0.3) is 0 Å². The molecule has 2 aliphatic rings. The summed E-state index contributed by atoms with van der Waals surface area (Å²) in [6.45, 7) is 8.13. The van der Waals surface area contributed by atoms with Gasteiger partial charge in [0.1, 0.15) is 5.00 Å². The standard InChI is InChI=1S/C24H31N3O3S/c1-16-7-6-9-19(17(16)2)27-13-11-26(12-14-27)15-21(28)25-23-22(24(29)30-3)18-8-4-5-10-20(18)31-23/h6-7,9H,4-5,8,10-15H2,1-3H3,(H,25,28). The number of rotatable bonds is 5. The molecule has 1 amide bonds. The molecule has 4 rings (SSSR count). The van der Waals surface area contributed by atoms with Crippen LogP contribution in [0.2, 0.25) is 0 Å². The number of methoxy groups -OCH3 is 1. The van der Waals surface area contributed by atoms with Crippen molar-refractivity contribution in [2.45, 2.75) is 39.5 Å². The van der Waals surface area contributed by atoms with Gasteiger partial charge < -0.3 is 15.0 Å². The Morgan fingerprint density at radius 2 is 1.84 bits per heavy atom. The predicted octanol–water partition coefficient (Wildman–Crippen LogP) is 3.79. The number of aryl methyl sites for hydroxylation is 2. The van der Waals surface area contributed by atoms with Gasteiger partial charge in [0, 0.05) is 36.7 Å². The molecule has 31 heavy (non-hydrogen) atoms. The Labute approximate surface area is 188 Å². The van der Waals surface area contributed by atoms with E-state index >= 15 is 0 Å². The smallest absolute Gasteiger partial charge is 0.341 e. The van der Waals surface area contributed by atoms with E-state index in [9.17, 15) is 9.59 Å². The summed E-state index contributed by atoms with van der Waals surface area (Å²) < 4.78 is 5.01. The molecule has 1 saturated heterocycles. The number of ether oxygens (including phenoxy) is 1. The maximum Gasteiger partial charge on any atom is 0.341 e. The van der Waals surface area contributed by atoms with Crippen LogP contribution in [0, 0.1) is 13.8 Å². The lowest BCUT2D eigenvalue weighted by Gasteiger charge is -2.36. The van der Waals surface area contributed by atoms with Crippen molar-refractivity contribution in [3.8, 4) is 0 Å². The largest absolute Gasteiger partial charge is 0.465 e. The second-order valence-corrected chi connectivity index (χ2v) is 9.54. The lowest BCUT2D eigenvalue weighted by Crippen LogP contribution is -2.48. The molecule has 1 aromatic carbocycles. The van der Waals surface area contributed by atoms with E-state index in [1.807, 2.05) is 0 Å². The number of carbonyl (C=O) groups excluding carboxylic acids is 2. The minimum absolute atomic E-state index is 0.0658. The van der Waals surface area contributed by atoms with Crippen molar-refractivity contribution >= 4 is 33.9 Å². The number of hydrogen-bond acceptors (Lipinski definition) is 6. The molecule has 1 fully saturated rings. The zero-order chi connectivity index (χ0) is 22.0. The molecule has 0 radical (unpaired) electrons. The Kier molecular flexibility index (Phi) is 6.62. The van der Waals surface area contributed by atoms with Gasteiger partial charge in [0.15, 0.2) is 0 Å². The Hall–Kier alpha value is -2.38. The maximum atomic E-state index is 12.8. The molecule has 1 aliphatic heterocycles. The van der Waals surface area contributed by atoms with Gasteiger partial charge in [-0.2, -0.15) is 0 Å². The quantitative estimate of drug-likeness (QED) is 0.716. The highest BCUT2D eigenvalue weighted by Crippen LogP contribution is 2.38. The molecule has 1 aromatic heterocycles. The molecule has 0 unspecified atom stereocenters. The zero-order valence-electron chi connectivity index (χ0n) is 18.6. The van der Waals surface area contributed by atoms with E-state index in [1.165, 1.54) is 40.1 Å². The van der Waals surface area contributed by atoms with Gasteiger partial charge in [0.25, 0.3) is 0 Å². The number of fused-ring (bicyclic) bond motifs is 1. The monoisotopic (exact) mass is 441 g/mol. The van der Waals surface area contributed by atoms with Gasteiger partial charge in [-0.1, -0.05) is 12.1 Å². The maximum absolute atomic E-state index is 12.8. The minimum Gasteiger partial charge on any atom is -0.465 e. The van der Waals surface area contributed by atoms with Crippen LogP contribution in [0.5, 0.6) is 0 Å². The average Bonchev–Trinajstić information content (AvgIpc) is 3.13. The van der Waals surface area contributed by atoms with Crippen LogP contribution < -0.4 is 10.2 Å². The van der Waals surface area contributed by atoms with Crippen LogP contribution in [-0.2, 0) is 22.4 Å². The molecule has 166 valence electrons. The fraction of sp³-hybridized carbons (Fsp3) is 0.500. The molecule has 2 heterocycles. The molecular formula is C24H31N3O3S. The number of esters is 1. The molecule has 1 N–H and O–H groups in total. The van der Waals surface area contributed by atoms with Gasteiger partial charge in [-0.3, -0.25) is 9.69 Å². The number of amides is 1. The summed E-state index contributed by atoms with van der Waals surface area (Å²) in [5, 5.41) is 3.66. The number of nitrogens with one attached hydrogen (secondary N) is 1. The summed E-state index contributed by atoms with van der Waals surface area (Å²) in [7, 11) is 1.40. The van der Waals surface area contributed by atoms with Crippen LogP contribution in [0.3, 0.4) is 0 Å². The molecule has 2 aromatic rings. The first kappa shape index (κ1) is 21.8. The highest BCUT2D eigenvalue weighted by Gasteiger charge is 2.27. The van der Waals surface area contributed by atoms with Crippen LogP contribution >= 0.6 is 11.3 Å². The molecule has 1 aliphatic carbocycles. The van der Waals surface area contributed by atoms with E-state index < -0.39 is 0 Å². The van der Waals surface area contributed by atoms with Gasteiger partial charge in [0.2, 0.25) is 5.91 Å². The number of carbonyl (C=O) groups is 2. The van der Waals surface area contributed by atoms with E-state index in [1.54, 1.807) is 0 Å². The van der Waals surface area contributed by atoms with Crippen molar-refractivity contribution in [3.05, 3.63) is 45.3 Å². The fourth-order valence-electron chi connectivity index (χ4n) is 4.57. The van der Waals surface area contributed by atoms with E-state index in [2.05, 4.69) is 47.2 Å². The second-order valence-electron chi connectivity index (χ2n) is 8.44. The molecule has 0 bridgehead atoms. The average molecular weight is 442 g/mol. The van der Waals surface area contributed by atoms with Crippen molar-refractivity contribution in [1.82, 2.24) is 4.90 Å². The number of anilines is 2. The van der Waals surface area contributed by atoms with E-state index in [-0.39, 0.29) is 11.9 Å². The van der Waals surface area contributed by atoms with Gasteiger partial charge in [-0.25, -0.2) is 4.79 Å². The third kappa shape index (κ3) is 4.62. The number of nitrogens with zero attached hydrogens (tertiary/aromatic N) is 2. The molecule has 0 atom stereocenters. The lowest BCUT2D eigenvalue weighted by atomic mass is 9.95. The first-order valence-electron chi connectivity index (χ1n) is 11.0. The van der Waals surface area contributed by atoms with Gasteiger partial charge in [-0.05, 0) is 62.3 Å². The first-order chi connectivity index (χ1) is 15.0. The lowest BCUT2D eigenvalue weighted by molar-refractivity contribution is -0.117. The Balaban J connectivity index is 1.38. The van der Waals surface area contributed by atoms with E-state index in [0.29, 0.717) is 17.1 Å². The van der Waals surface area contributed by atoms with Crippen LogP contribution in [0.15, 0.2) is 18.2 Å². The van der Waals surface area contributed by atoms with Crippen molar-refractivity contribution in [2.24, 2.45) is 0 Å². The van der Waals surface area contributed by atoms with Crippen LogP contribution in [0.4, 0.5) is 10.7 Å². The van der Waals surface area contributed by atoms with E-state index in [0.717, 1.165) is 57.4 Å². The summed E-state index contributed by atoms with van der Waals surface area (Å²) in [5.74, 6) is -0.416. The van der Waals surface area contributed by atoms with Crippen molar-refractivity contribution in [2.75, 3.05) is 50.1 Å². The third-order valence-corrected chi connectivity index (χ3v) is 7.68. The normalized spacial score (nSPS) is 16.7. The van der Waals surface area contributed by atoms with Crippen LogP contribution in [0.1, 0.15) is 44.8 Å². The predicted molar refractivity (Wildman–Crippen MR) is 125 cm³/mol. The highest BCUT2D eigenvalue weighted by atomic mass is 32.1. The topological polar surface area (TPSA) is 61.9 Å². The Morgan fingerprint density at radius 1 is 1.10 bits per heavy atom. The zero-order valence-corrected chi connectivity index (χ0v) is 19.4. The first-order valence-corrected chi connectivity index (χ1v) is 11.9. The minimum atomic E-state index is -0.350. The third-order valence-electron chi connectivity index (χ3n) is 6.47. The van der Waals surface area contributed by atoms with Crippen molar-refractivity contribution < 1.29 is 14.3 Å². The molecular weight excluding hydrogens is 410 g/mol.